The normalized spacial score (nSPS) is 10.0. The Morgan fingerprint density at radius 1 is 1.37 bits per heavy atom. The van der Waals surface area contributed by atoms with Crippen LogP contribution in [-0.4, -0.2) is 18.0 Å². The molecule has 1 aromatic heterocycles. The lowest BCUT2D eigenvalue weighted by Crippen LogP contribution is -2.14. The number of carbonyl (C=O) groups excluding carboxylic acids is 1. The second-order valence-corrected chi connectivity index (χ2v) is 3.78. The first-order chi connectivity index (χ1) is 9.10. The van der Waals surface area contributed by atoms with Gasteiger partial charge in [0.05, 0.1) is 24.7 Å². The molecule has 2 rings (SSSR count). The fourth-order valence-electron chi connectivity index (χ4n) is 1.49. The van der Waals surface area contributed by atoms with E-state index in [0.29, 0.717) is 11.4 Å². The highest BCUT2D eigenvalue weighted by molar-refractivity contribution is 6.03. The highest BCUT2D eigenvalue weighted by Crippen LogP contribution is 2.25. The summed E-state index contributed by atoms with van der Waals surface area (Å²) in [5.74, 6) is -0.630. The molecule has 0 aliphatic carbocycles. The Morgan fingerprint density at radius 3 is 2.79 bits per heavy atom. The Hall–Kier alpha value is -2.63. The largest absolute Gasteiger partial charge is 0.494 e. The first-order valence-electron chi connectivity index (χ1n) is 5.46. The van der Waals surface area contributed by atoms with Crippen LogP contribution in [0.25, 0.3) is 0 Å². The zero-order chi connectivity index (χ0) is 13.8. The Labute approximate surface area is 109 Å². The molecular weight excluding hydrogens is 249 g/mol. The SMILES string of the molecule is COc1cc(F)ccc1NC(=O)c1ccc(N)cn1. The quantitative estimate of drug-likeness (QED) is 0.886. The fraction of sp³-hybridized carbons (Fsp3) is 0.0769. The third-order valence-corrected chi connectivity index (χ3v) is 2.43. The number of halogens is 1. The van der Waals surface area contributed by atoms with E-state index in [1.165, 1.54) is 37.6 Å². The van der Waals surface area contributed by atoms with Crippen LogP contribution in [0.1, 0.15) is 10.5 Å². The summed E-state index contributed by atoms with van der Waals surface area (Å²) in [6.07, 6.45) is 1.39. The monoisotopic (exact) mass is 261 g/mol. The smallest absolute Gasteiger partial charge is 0.274 e. The van der Waals surface area contributed by atoms with Crippen molar-refractivity contribution in [2.75, 3.05) is 18.2 Å². The van der Waals surface area contributed by atoms with Crippen molar-refractivity contribution < 1.29 is 13.9 Å². The van der Waals surface area contributed by atoms with E-state index in [4.69, 9.17) is 10.5 Å². The van der Waals surface area contributed by atoms with Crippen molar-refractivity contribution in [2.24, 2.45) is 0 Å². The average Bonchev–Trinajstić information content (AvgIpc) is 2.41. The number of rotatable bonds is 3. The minimum Gasteiger partial charge on any atom is -0.494 e. The summed E-state index contributed by atoms with van der Waals surface area (Å²) in [5.41, 5.74) is 6.53. The molecule has 0 aliphatic heterocycles. The highest BCUT2D eigenvalue weighted by Gasteiger charge is 2.11. The van der Waals surface area contributed by atoms with Gasteiger partial charge >= 0.3 is 0 Å². The predicted molar refractivity (Wildman–Crippen MR) is 69.6 cm³/mol. The molecule has 0 saturated heterocycles. The molecule has 0 aliphatic rings. The van der Waals surface area contributed by atoms with Crippen LogP contribution >= 0.6 is 0 Å². The number of nitrogens with two attached hydrogens (primary N) is 1. The lowest BCUT2D eigenvalue weighted by Gasteiger charge is -2.09. The molecule has 5 nitrogen and oxygen atoms in total. The summed E-state index contributed by atoms with van der Waals surface area (Å²) in [4.78, 5) is 15.8. The van der Waals surface area contributed by atoms with Crippen molar-refractivity contribution in [1.29, 1.82) is 0 Å². The van der Waals surface area contributed by atoms with Crippen LogP contribution < -0.4 is 15.8 Å². The predicted octanol–water partition coefficient (Wildman–Crippen LogP) is 2.06. The second kappa shape index (κ2) is 5.34. The molecule has 2 aromatic rings. The zero-order valence-corrected chi connectivity index (χ0v) is 10.2. The number of methoxy groups -OCH3 is 1. The molecule has 0 bridgehead atoms. The highest BCUT2D eigenvalue weighted by atomic mass is 19.1. The van der Waals surface area contributed by atoms with Gasteiger partial charge in [-0.3, -0.25) is 4.79 Å². The molecule has 3 N–H and O–H groups in total. The number of carbonyl (C=O) groups is 1. The average molecular weight is 261 g/mol. The first kappa shape index (κ1) is 12.8. The number of amides is 1. The maximum Gasteiger partial charge on any atom is 0.274 e. The first-order valence-corrected chi connectivity index (χ1v) is 5.46. The van der Waals surface area contributed by atoms with Gasteiger partial charge in [0, 0.05) is 6.07 Å². The third-order valence-electron chi connectivity index (χ3n) is 2.43. The molecule has 6 heteroatoms. The van der Waals surface area contributed by atoms with Crippen molar-refractivity contribution in [1.82, 2.24) is 4.98 Å². The van der Waals surface area contributed by atoms with E-state index >= 15 is 0 Å². The number of ether oxygens (including phenoxy) is 1. The summed E-state index contributed by atoms with van der Waals surface area (Å²) in [5, 5.41) is 2.59. The van der Waals surface area contributed by atoms with Crippen molar-refractivity contribution in [3.05, 3.63) is 48.0 Å². The minimum absolute atomic E-state index is 0.209. The summed E-state index contributed by atoms with van der Waals surface area (Å²) < 4.78 is 18.0. The number of nitrogens with one attached hydrogen (secondary N) is 1. The molecule has 0 saturated carbocycles. The number of hydrogen-bond acceptors (Lipinski definition) is 4. The number of nitrogen functional groups attached to an aromatic ring is 1. The van der Waals surface area contributed by atoms with Crippen LogP contribution in [0.2, 0.25) is 0 Å². The standard InChI is InChI=1S/C13H12FN3O2/c1-19-12-6-8(14)2-4-10(12)17-13(18)11-5-3-9(15)7-16-11/h2-7H,15H2,1H3,(H,17,18). The molecule has 1 amide bonds. The number of aromatic nitrogens is 1. The van der Waals surface area contributed by atoms with Crippen molar-refractivity contribution in [2.45, 2.75) is 0 Å². The van der Waals surface area contributed by atoms with Gasteiger partial charge in [-0.15, -0.1) is 0 Å². The molecule has 0 fully saturated rings. The number of pyridine rings is 1. The summed E-state index contributed by atoms with van der Waals surface area (Å²) in [6, 6.07) is 6.91. The van der Waals surface area contributed by atoms with Gasteiger partial charge in [0.1, 0.15) is 17.3 Å². The number of hydrogen-bond donors (Lipinski definition) is 2. The van der Waals surface area contributed by atoms with Gasteiger partial charge in [0.25, 0.3) is 5.91 Å². The molecule has 1 aromatic carbocycles. The number of nitrogens with zero attached hydrogens (tertiary/aromatic N) is 1. The zero-order valence-electron chi connectivity index (χ0n) is 10.2. The van der Waals surface area contributed by atoms with Crippen molar-refractivity contribution >= 4 is 17.3 Å². The Balaban J connectivity index is 2.21. The lowest BCUT2D eigenvalue weighted by molar-refractivity contribution is 0.102. The van der Waals surface area contributed by atoms with E-state index in [-0.39, 0.29) is 11.4 Å². The fourth-order valence-corrected chi connectivity index (χ4v) is 1.49. The van der Waals surface area contributed by atoms with Gasteiger partial charge in [-0.25, -0.2) is 9.37 Å². The van der Waals surface area contributed by atoms with Gasteiger partial charge in [0.2, 0.25) is 0 Å². The van der Waals surface area contributed by atoms with Crippen LogP contribution in [0.15, 0.2) is 36.5 Å². The van der Waals surface area contributed by atoms with Gasteiger partial charge in [-0.1, -0.05) is 0 Å². The van der Waals surface area contributed by atoms with Gasteiger partial charge < -0.3 is 15.8 Å². The lowest BCUT2D eigenvalue weighted by atomic mass is 10.2. The summed E-state index contributed by atoms with van der Waals surface area (Å²) >= 11 is 0. The maximum absolute atomic E-state index is 13.0. The number of anilines is 2. The van der Waals surface area contributed by atoms with E-state index < -0.39 is 11.7 Å². The molecule has 0 atom stereocenters. The molecular formula is C13H12FN3O2. The third kappa shape index (κ3) is 2.98. The van der Waals surface area contributed by atoms with Crippen LogP contribution in [0.4, 0.5) is 15.8 Å². The van der Waals surface area contributed by atoms with Crippen LogP contribution in [0, 0.1) is 5.82 Å². The van der Waals surface area contributed by atoms with Gasteiger partial charge in [0.15, 0.2) is 0 Å². The van der Waals surface area contributed by atoms with E-state index in [0.717, 1.165) is 0 Å². The van der Waals surface area contributed by atoms with Crippen LogP contribution in [0.5, 0.6) is 5.75 Å². The molecule has 1 heterocycles. The van der Waals surface area contributed by atoms with Gasteiger partial charge in [-0.05, 0) is 24.3 Å². The van der Waals surface area contributed by atoms with E-state index in [1.54, 1.807) is 6.07 Å². The summed E-state index contributed by atoms with van der Waals surface area (Å²) in [7, 11) is 1.39. The van der Waals surface area contributed by atoms with Crippen LogP contribution in [-0.2, 0) is 0 Å². The van der Waals surface area contributed by atoms with Crippen molar-refractivity contribution in [3.8, 4) is 5.75 Å². The Morgan fingerprint density at radius 2 is 2.16 bits per heavy atom. The molecule has 0 spiro atoms. The second-order valence-electron chi connectivity index (χ2n) is 3.78. The van der Waals surface area contributed by atoms with E-state index in [1.807, 2.05) is 0 Å². The van der Waals surface area contributed by atoms with Crippen molar-refractivity contribution in [3.63, 3.8) is 0 Å². The minimum atomic E-state index is -0.444. The van der Waals surface area contributed by atoms with E-state index in [9.17, 15) is 9.18 Å². The van der Waals surface area contributed by atoms with Gasteiger partial charge in [-0.2, -0.15) is 0 Å². The van der Waals surface area contributed by atoms with Crippen LogP contribution in [0.3, 0.4) is 0 Å². The maximum atomic E-state index is 13.0. The number of benzene rings is 1. The molecule has 19 heavy (non-hydrogen) atoms. The Kier molecular flexibility index (Phi) is 3.61. The van der Waals surface area contributed by atoms with E-state index in [2.05, 4.69) is 10.3 Å². The molecule has 0 unspecified atom stereocenters. The molecule has 0 radical (unpaired) electrons. The topological polar surface area (TPSA) is 77.2 Å². The Bertz CT molecular complexity index is 599. The molecule has 98 valence electrons. The summed E-state index contributed by atoms with van der Waals surface area (Å²) in [6.45, 7) is 0.